The number of hydrazone groups is 2. The topological polar surface area (TPSA) is 221 Å². The average Bonchev–Trinajstić information content (AvgIpc) is 2.99. The van der Waals surface area contributed by atoms with Gasteiger partial charge in [0.1, 0.15) is 22.8 Å². The zero-order valence-electron chi connectivity index (χ0n) is 21.2. The summed E-state index contributed by atoms with van der Waals surface area (Å²) in [6.45, 7) is 0. The van der Waals surface area contributed by atoms with Gasteiger partial charge in [0, 0.05) is 23.3 Å². The van der Waals surface area contributed by atoms with Crippen molar-refractivity contribution in [1.82, 2.24) is 0 Å². The van der Waals surface area contributed by atoms with Gasteiger partial charge in [0.2, 0.25) is 0 Å². The van der Waals surface area contributed by atoms with E-state index >= 15 is 0 Å². The highest BCUT2D eigenvalue weighted by molar-refractivity contribution is 6.53. The normalized spacial score (nSPS) is 11.4. The highest BCUT2D eigenvalue weighted by Crippen LogP contribution is 2.30. The van der Waals surface area contributed by atoms with Gasteiger partial charge >= 0.3 is 11.4 Å². The molecule has 0 unspecified atom stereocenters. The van der Waals surface area contributed by atoms with Crippen molar-refractivity contribution in [3.63, 3.8) is 0 Å². The summed E-state index contributed by atoms with van der Waals surface area (Å²) < 4.78 is 0. The second-order valence-corrected chi connectivity index (χ2v) is 8.31. The number of hydrogen-bond donors (Lipinski definition) is 2. The molecule has 0 radical (unpaired) electrons. The number of nitro groups is 4. The Morgan fingerprint density at radius 3 is 1.17 bits per heavy atom. The van der Waals surface area contributed by atoms with Crippen molar-refractivity contribution >= 4 is 45.5 Å². The summed E-state index contributed by atoms with van der Waals surface area (Å²) in [5.41, 5.74) is 3.94. The number of anilines is 2. The number of nitrogens with zero attached hydrogens (tertiary/aromatic N) is 6. The van der Waals surface area contributed by atoms with E-state index in [2.05, 4.69) is 21.1 Å². The van der Waals surface area contributed by atoms with Crippen molar-refractivity contribution < 1.29 is 19.7 Å². The summed E-state index contributed by atoms with van der Waals surface area (Å²) in [5.74, 6) is 0. The van der Waals surface area contributed by atoms with Gasteiger partial charge in [-0.15, -0.1) is 0 Å². The molecule has 0 aromatic heterocycles. The molecule has 16 heteroatoms. The van der Waals surface area contributed by atoms with Crippen molar-refractivity contribution in [3.05, 3.63) is 149 Å². The Bertz CT molecular complexity index is 1620. The maximum atomic E-state index is 11.6. The van der Waals surface area contributed by atoms with Crippen molar-refractivity contribution in [2.45, 2.75) is 0 Å². The van der Waals surface area contributed by atoms with Crippen LogP contribution in [0.3, 0.4) is 0 Å². The molecule has 4 aromatic rings. The molecule has 0 saturated carbocycles. The van der Waals surface area contributed by atoms with Crippen LogP contribution >= 0.6 is 0 Å². The maximum Gasteiger partial charge on any atom is 0.301 e. The van der Waals surface area contributed by atoms with Crippen LogP contribution < -0.4 is 10.9 Å². The van der Waals surface area contributed by atoms with E-state index in [4.69, 9.17) is 0 Å². The molecule has 0 heterocycles. The fraction of sp³-hybridized carbons (Fsp3) is 0. The van der Waals surface area contributed by atoms with Crippen LogP contribution in [-0.4, -0.2) is 31.1 Å². The van der Waals surface area contributed by atoms with Gasteiger partial charge in [0.05, 0.1) is 31.8 Å². The predicted octanol–water partition coefficient (Wildman–Crippen LogP) is 5.65. The predicted molar refractivity (Wildman–Crippen MR) is 153 cm³/mol. The summed E-state index contributed by atoms with van der Waals surface area (Å²) >= 11 is 0. The van der Waals surface area contributed by atoms with E-state index in [0.29, 0.717) is 11.1 Å². The summed E-state index contributed by atoms with van der Waals surface area (Å²) in [4.78, 5) is 42.4. The Hall–Kier alpha value is -6.58. The molecule has 16 nitrogen and oxygen atoms in total. The van der Waals surface area contributed by atoms with Gasteiger partial charge in [0.25, 0.3) is 11.4 Å². The molecule has 42 heavy (non-hydrogen) atoms. The van der Waals surface area contributed by atoms with E-state index in [1.165, 1.54) is 0 Å². The number of non-ortho nitro benzene ring substituents is 2. The first-order chi connectivity index (χ1) is 20.2. The van der Waals surface area contributed by atoms with Crippen LogP contribution in [0, 0.1) is 40.5 Å². The minimum Gasteiger partial charge on any atom is -0.271 e. The van der Waals surface area contributed by atoms with Gasteiger partial charge in [-0.1, -0.05) is 60.7 Å². The molecule has 0 aliphatic heterocycles. The smallest absolute Gasteiger partial charge is 0.271 e. The highest BCUT2D eigenvalue weighted by Gasteiger charge is 2.22. The van der Waals surface area contributed by atoms with Gasteiger partial charge in [-0.2, -0.15) is 10.2 Å². The molecular weight excluding hydrogens is 552 g/mol. The summed E-state index contributed by atoms with van der Waals surface area (Å²) in [5, 5.41) is 54.3. The minimum atomic E-state index is -0.797. The third kappa shape index (κ3) is 6.52. The van der Waals surface area contributed by atoms with E-state index < -0.39 is 42.4 Å². The Morgan fingerprint density at radius 1 is 0.500 bits per heavy atom. The second-order valence-electron chi connectivity index (χ2n) is 8.31. The lowest BCUT2D eigenvalue weighted by Crippen LogP contribution is -2.20. The Balaban J connectivity index is 1.86. The lowest BCUT2D eigenvalue weighted by atomic mass is 10.00. The fourth-order valence-corrected chi connectivity index (χ4v) is 3.69. The highest BCUT2D eigenvalue weighted by atomic mass is 16.6. The molecule has 0 bridgehead atoms. The minimum absolute atomic E-state index is 0.131. The van der Waals surface area contributed by atoms with Gasteiger partial charge < -0.3 is 0 Å². The lowest BCUT2D eigenvalue weighted by Gasteiger charge is -2.13. The quantitative estimate of drug-likeness (QED) is 0.128. The number of nitro benzene ring substituents is 4. The third-order valence-corrected chi connectivity index (χ3v) is 5.67. The first kappa shape index (κ1) is 28.4. The molecule has 0 spiro atoms. The molecule has 2 N–H and O–H groups in total. The van der Waals surface area contributed by atoms with Crippen molar-refractivity contribution in [1.29, 1.82) is 0 Å². The maximum absolute atomic E-state index is 11.6. The van der Waals surface area contributed by atoms with E-state index in [0.717, 1.165) is 36.4 Å². The lowest BCUT2D eigenvalue weighted by molar-refractivity contribution is -0.393. The largest absolute Gasteiger partial charge is 0.301 e. The van der Waals surface area contributed by atoms with Crippen molar-refractivity contribution in [2.24, 2.45) is 10.2 Å². The molecule has 0 fully saturated rings. The SMILES string of the molecule is O=[N+]([O-])c1ccc(NN=C(C(=NNc2ccc([N+](=O)[O-])cc2[N+](=O)[O-])c2ccccc2)c2ccccc2)c([N+](=O)[O-])c1. The standard InChI is InChI=1S/C26H18N8O8/c35-31(36)19-11-13-21(23(15-19)33(39)40)27-29-25(17-7-3-1-4-8-17)26(18-9-5-2-6-10-18)30-28-22-14-12-20(32(37)38)16-24(22)34(41)42/h1-16,27-28H. The first-order valence-electron chi connectivity index (χ1n) is 11.8. The molecule has 4 rings (SSSR count). The Morgan fingerprint density at radius 2 is 0.857 bits per heavy atom. The molecular formula is C26H18N8O8. The van der Waals surface area contributed by atoms with Crippen LogP contribution in [0.1, 0.15) is 11.1 Å². The molecule has 4 aromatic carbocycles. The molecule has 0 amide bonds. The Kier molecular flexibility index (Phi) is 8.47. The first-order valence-corrected chi connectivity index (χ1v) is 11.8. The van der Waals surface area contributed by atoms with Gasteiger partial charge in [-0.25, -0.2) is 0 Å². The van der Waals surface area contributed by atoms with Gasteiger partial charge in [-0.05, 0) is 12.1 Å². The third-order valence-electron chi connectivity index (χ3n) is 5.67. The summed E-state index contributed by atoms with van der Waals surface area (Å²) in [6, 6.07) is 23.0. The molecule has 0 aliphatic rings. The molecule has 0 aliphatic carbocycles. The van der Waals surface area contributed by atoms with Crippen LogP contribution in [0.15, 0.2) is 107 Å². The van der Waals surface area contributed by atoms with Crippen LogP contribution in [-0.2, 0) is 0 Å². The van der Waals surface area contributed by atoms with Crippen LogP contribution in [0.5, 0.6) is 0 Å². The molecule has 210 valence electrons. The Labute approximate surface area is 235 Å². The van der Waals surface area contributed by atoms with E-state index in [-0.39, 0.29) is 22.8 Å². The average molecular weight is 570 g/mol. The van der Waals surface area contributed by atoms with Crippen LogP contribution in [0.4, 0.5) is 34.1 Å². The number of hydrogen-bond acceptors (Lipinski definition) is 12. The number of nitrogens with one attached hydrogen (secondary N) is 2. The van der Waals surface area contributed by atoms with Crippen LogP contribution in [0.25, 0.3) is 0 Å². The fourth-order valence-electron chi connectivity index (χ4n) is 3.69. The molecule has 0 atom stereocenters. The summed E-state index contributed by atoms with van der Waals surface area (Å²) in [6.07, 6.45) is 0. The molecule has 0 saturated heterocycles. The van der Waals surface area contributed by atoms with Crippen molar-refractivity contribution in [3.8, 4) is 0 Å². The summed E-state index contributed by atoms with van der Waals surface area (Å²) in [7, 11) is 0. The monoisotopic (exact) mass is 570 g/mol. The van der Waals surface area contributed by atoms with E-state index in [1.54, 1.807) is 60.7 Å². The van der Waals surface area contributed by atoms with E-state index in [9.17, 15) is 40.5 Å². The zero-order valence-corrected chi connectivity index (χ0v) is 21.2. The van der Waals surface area contributed by atoms with E-state index in [1.807, 2.05) is 0 Å². The van der Waals surface area contributed by atoms with Gasteiger partial charge in [0.15, 0.2) is 0 Å². The second kappa shape index (κ2) is 12.5. The van der Waals surface area contributed by atoms with Crippen molar-refractivity contribution in [2.75, 3.05) is 10.9 Å². The number of rotatable bonds is 11. The number of benzene rings is 4. The van der Waals surface area contributed by atoms with Crippen LogP contribution in [0.2, 0.25) is 0 Å². The zero-order chi connectivity index (χ0) is 30.2. The van der Waals surface area contributed by atoms with Gasteiger partial charge in [-0.3, -0.25) is 51.3 Å².